The van der Waals surface area contributed by atoms with Gasteiger partial charge in [0.1, 0.15) is 11.6 Å². The van der Waals surface area contributed by atoms with Crippen LogP contribution in [0.2, 0.25) is 0 Å². The number of hydrogen-bond acceptors (Lipinski definition) is 4. The van der Waals surface area contributed by atoms with Gasteiger partial charge in [0.15, 0.2) is 5.65 Å². The van der Waals surface area contributed by atoms with Crippen LogP contribution in [0.5, 0.6) is 0 Å². The number of aromatic amines is 1. The molecular formula is C13H18BrN5O. The fourth-order valence-corrected chi connectivity index (χ4v) is 2.89. The molecule has 0 spiro atoms. The smallest absolute Gasteiger partial charge is 0.349 e. The summed E-state index contributed by atoms with van der Waals surface area (Å²) in [6.07, 6.45) is 4.82. The standard InChI is InChI=1S/C13H18BrN5O/c1-9-15-11(8-12-16-17-13(20)19(9)12)18(7-3-6-14)10-4-2-5-10/h8,10H,2-7H2,1H3,(H,17,20). The molecule has 0 atom stereocenters. The Kier molecular flexibility index (Phi) is 3.78. The molecule has 20 heavy (non-hydrogen) atoms. The number of rotatable bonds is 5. The number of alkyl halides is 1. The molecule has 1 saturated carbocycles. The van der Waals surface area contributed by atoms with Crippen LogP contribution in [0.25, 0.3) is 5.65 Å². The van der Waals surface area contributed by atoms with Gasteiger partial charge >= 0.3 is 5.69 Å². The molecule has 0 radical (unpaired) electrons. The quantitative estimate of drug-likeness (QED) is 0.844. The second-order valence-corrected chi connectivity index (χ2v) is 6.00. The Morgan fingerprint density at radius 1 is 1.55 bits per heavy atom. The fourth-order valence-electron chi connectivity index (χ4n) is 2.64. The number of fused-ring (bicyclic) bond motifs is 1. The lowest BCUT2D eigenvalue weighted by molar-refractivity contribution is 0.384. The molecule has 0 unspecified atom stereocenters. The zero-order valence-electron chi connectivity index (χ0n) is 11.5. The van der Waals surface area contributed by atoms with Crippen molar-refractivity contribution >= 4 is 27.4 Å². The third kappa shape index (κ3) is 2.34. The highest BCUT2D eigenvalue weighted by Gasteiger charge is 2.26. The third-order valence-corrected chi connectivity index (χ3v) is 4.46. The van der Waals surface area contributed by atoms with E-state index in [1.807, 2.05) is 13.0 Å². The maximum Gasteiger partial charge on any atom is 0.349 e. The van der Waals surface area contributed by atoms with Crippen molar-refractivity contribution < 1.29 is 0 Å². The third-order valence-electron chi connectivity index (χ3n) is 3.90. The number of aromatic nitrogens is 4. The molecule has 6 nitrogen and oxygen atoms in total. The molecule has 1 fully saturated rings. The molecule has 1 aliphatic rings. The summed E-state index contributed by atoms with van der Waals surface area (Å²) in [5, 5.41) is 7.52. The first-order chi connectivity index (χ1) is 9.70. The molecule has 1 aliphatic carbocycles. The zero-order valence-corrected chi connectivity index (χ0v) is 13.1. The Morgan fingerprint density at radius 3 is 3.00 bits per heavy atom. The van der Waals surface area contributed by atoms with Gasteiger partial charge in [-0.05, 0) is 32.6 Å². The monoisotopic (exact) mass is 339 g/mol. The molecular weight excluding hydrogens is 322 g/mol. The molecule has 7 heteroatoms. The lowest BCUT2D eigenvalue weighted by Crippen LogP contribution is -2.41. The van der Waals surface area contributed by atoms with E-state index in [-0.39, 0.29) is 5.69 Å². The first-order valence-electron chi connectivity index (χ1n) is 6.98. The minimum Gasteiger partial charge on any atom is -0.353 e. The van der Waals surface area contributed by atoms with Crippen molar-refractivity contribution in [3.05, 3.63) is 22.4 Å². The second kappa shape index (κ2) is 5.55. The van der Waals surface area contributed by atoms with Gasteiger partial charge < -0.3 is 4.90 Å². The molecule has 0 aromatic carbocycles. The summed E-state index contributed by atoms with van der Waals surface area (Å²) in [4.78, 5) is 18.6. The van der Waals surface area contributed by atoms with Crippen molar-refractivity contribution in [1.82, 2.24) is 19.6 Å². The van der Waals surface area contributed by atoms with Crippen molar-refractivity contribution in [3.63, 3.8) is 0 Å². The van der Waals surface area contributed by atoms with Crippen LogP contribution in [0, 0.1) is 6.92 Å². The van der Waals surface area contributed by atoms with E-state index in [1.54, 1.807) is 0 Å². The first-order valence-corrected chi connectivity index (χ1v) is 8.10. The van der Waals surface area contributed by atoms with E-state index in [1.165, 1.54) is 23.7 Å². The maximum atomic E-state index is 11.6. The summed E-state index contributed by atoms with van der Waals surface area (Å²) < 4.78 is 1.51. The molecule has 0 bridgehead atoms. The highest BCUT2D eigenvalue weighted by atomic mass is 79.9. The lowest BCUT2D eigenvalue weighted by atomic mass is 9.91. The van der Waals surface area contributed by atoms with Crippen LogP contribution in [-0.2, 0) is 0 Å². The highest BCUT2D eigenvalue weighted by Crippen LogP contribution is 2.29. The lowest BCUT2D eigenvalue weighted by Gasteiger charge is -2.38. The van der Waals surface area contributed by atoms with Crippen molar-refractivity contribution in [1.29, 1.82) is 0 Å². The van der Waals surface area contributed by atoms with Crippen molar-refractivity contribution in [2.24, 2.45) is 0 Å². The normalized spacial score (nSPS) is 15.5. The number of nitrogens with one attached hydrogen (secondary N) is 1. The van der Waals surface area contributed by atoms with Crippen molar-refractivity contribution in [3.8, 4) is 0 Å². The number of hydrogen-bond donors (Lipinski definition) is 1. The van der Waals surface area contributed by atoms with Gasteiger partial charge in [0, 0.05) is 24.0 Å². The minimum atomic E-state index is -0.229. The average molecular weight is 340 g/mol. The summed E-state index contributed by atoms with van der Waals surface area (Å²) in [7, 11) is 0. The van der Waals surface area contributed by atoms with Gasteiger partial charge in [0.2, 0.25) is 0 Å². The van der Waals surface area contributed by atoms with E-state index in [0.717, 1.165) is 24.1 Å². The molecule has 0 saturated heterocycles. The summed E-state index contributed by atoms with van der Waals surface area (Å²) in [6.45, 7) is 2.82. The molecule has 3 rings (SSSR count). The first kappa shape index (κ1) is 13.6. The summed E-state index contributed by atoms with van der Waals surface area (Å²) >= 11 is 3.49. The van der Waals surface area contributed by atoms with Crippen LogP contribution in [0.3, 0.4) is 0 Å². The van der Waals surface area contributed by atoms with E-state index in [2.05, 4.69) is 36.0 Å². The van der Waals surface area contributed by atoms with Gasteiger partial charge in [-0.15, -0.1) is 0 Å². The fraction of sp³-hybridized carbons (Fsp3) is 0.615. The van der Waals surface area contributed by atoms with E-state index in [9.17, 15) is 4.79 Å². The SMILES string of the molecule is Cc1nc(N(CCCBr)C2CCC2)cc2n[nH]c(=O)n12. The van der Waals surface area contributed by atoms with E-state index >= 15 is 0 Å². The van der Waals surface area contributed by atoms with E-state index in [0.29, 0.717) is 17.5 Å². The maximum absolute atomic E-state index is 11.6. The Morgan fingerprint density at radius 2 is 2.35 bits per heavy atom. The van der Waals surface area contributed by atoms with Crippen LogP contribution < -0.4 is 10.6 Å². The van der Waals surface area contributed by atoms with Crippen LogP contribution in [0.15, 0.2) is 10.9 Å². The summed E-state index contributed by atoms with van der Waals surface area (Å²) in [5.74, 6) is 1.61. The second-order valence-electron chi connectivity index (χ2n) is 5.20. The molecule has 0 aliphatic heterocycles. The Labute approximate surface area is 125 Å². The van der Waals surface area contributed by atoms with Crippen LogP contribution in [-0.4, -0.2) is 37.5 Å². The zero-order chi connectivity index (χ0) is 14.1. The molecule has 0 amide bonds. The highest BCUT2D eigenvalue weighted by molar-refractivity contribution is 9.09. The number of nitrogens with zero attached hydrogens (tertiary/aromatic N) is 4. The van der Waals surface area contributed by atoms with Crippen molar-refractivity contribution in [2.45, 2.75) is 38.6 Å². The van der Waals surface area contributed by atoms with Gasteiger partial charge in [-0.3, -0.25) is 0 Å². The number of halogens is 1. The van der Waals surface area contributed by atoms with Crippen LogP contribution in [0.1, 0.15) is 31.5 Å². The van der Waals surface area contributed by atoms with E-state index in [4.69, 9.17) is 0 Å². The average Bonchev–Trinajstić information content (AvgIpc) is 2.74. The molecule has 2 aromatic rings. The Balaban J connectivity index is 1.99. The Hall–Kier alpha value is -1.37. The predicted octanol–water partition coefficient (Wildman–Crippen LogP) is 1.87. The molecule has 2 heterocycles. The van der Waals surface area contributed by atoms with Gasteiger partial charge in [0.05, 0.1) is 0 Å². The Bertz CT molecular complexity index is 660. The summed E-state index contributed by atoms with van der Waals surface area (Å²) in [5.41, 5.74) is 0.410. The number of H-pyrrole nitrogens is 1. The van der Waals surface area contributed by atoms with E-state index < -0.39 is 0 Å². The molecule has 2 aromatic heterocycles. The topological polar surface area (TPSA) is 66.3 Å². The predicted molar refractivity (Wildman–Crippen MR) is 81.7 cm³/mol. The van der Waals surface area contributed by atoms with Crippen LogP contribution in [0.4, 0.5) is 5.82 Å². The van der Waals surface area contributed by atoms with Gasteiger partial charge in [-0.25, -0.2) is 19.3 Å². The number of aryl methyl sites for hydroxylation is 1. The van der Waals surface area contributed by atoms with Gasteiger partial charge in [-0.1, -0.05) is 15.9 Å². The molecule has 108 valence electrons. The van der Waals surface area contributed by atoms with Gasteiger partial charge in [-0.2, -0.15) is 5.10 Å². The largest absolute Gasteiger partial charge is 0.353 e. The van der Waals surface area contributed by atoms with Crippen LogP contribution >= 0.6 is 15.9 Å². The van der Waals surface area contributed by atoms with Gasteiger partial charge in [0.25, 0.3) is 0 Å². The molecule has 1 N–H and O–H groups in total. The van der Waals surface area contributed by atoms with Crippen molar-refractivity contribution in [2.75, 3.05) is 16.8 Å². The minimum absolute atomic E-state index is 0.229. The summed E-state index contributed by atoms with van der Waals surface area (Å²) in [6, 6.07) is 2.48. The number of anilines is 1.